The normalized spacial score (nSPS) is 12.0. The van der Waals surface area contributed by atoms with Crippen LogP contribution in [-0.2, 0) is 5.41 Å². The summed E-state index contributed by atoms with van der Waals surface area (Å²) in [4.78, 5) is 4.19. The summed E-state index contributed by atoms with van der Waals surface area (Å²) in [5, 5.41) is 3.00. The lowest BCUT2D eigenvalue weighted by Gasteiger charge is -2.23. The topological polar surface area (TPSA) is 24.9 Å². The van der Waals surface area contributed by atoms with Gasteiger partial charge in [0.15, 0.2) is 17.5 Å². The van der Waals surface area contributed by atoms with E-state index in [0.29, 0.717) is 18.4 Å². The van der Waals surface area contributed by atoms with Crippen molar-refractivity contribution in [3.63, 3.8) is 0 Å². The molecule has 0 atom stereocenters. The van der Waals surface area contributed by atoms with Crippen molar-refractivity contribution in [2.45, 2.75) is 39.5 Å². The predicted molar refractivity (Wildman–Crippen MR) is 79.1 cm³/mol. The highest BCUT2D eigenvalue weighted by molar-refractivity contribution is 5.83. The number of rotatable bonds is 3. The molecule has 1 aromatic heterocycles. The molecule has 0 aliphatic carbocycles. The van der Waals surface area contributed by atoms with E-state index < -0.39 is 17.5 Å². The van der Waals surface area contributed by atoms with E-state index in [-0.39, 0.29) is 16.3 Å². The molecule has 0 spiro atoms. The van der Waals surface area contributed by atoms with Crippen LogP contribution in [0.2, 0.25) is 0 Å². The molecular formula is C16H19F3N2. The van der Waals surface area contributed by atoms with E-state index in [0.717, 1.165) is 12.0 Å². The lowest BCUT2D eigenvalue weighted by atomic mass is 9.86. The number of anilines is 1. The molecule has 0 saturated heterocycles. The highest BCUT2D eigenvalue weighted by Gasteiger charge is 2.23. The summed E-state index contributed by atoms with van der Waals surface area (Å²) in [7, 11) is 0. The van der Waals surface area contributed by atoms with Crippen LogP contribution in [0.15, 0.2) is 12.1 Å². The molecule has 0 aliphatic rings. The van der Waals surface area contributed by atoms with Crippen molar-refractivity contribution in [2.75, 3.05) is 11.9 Å². The SMILES string of the molecule is CCCNc1nc2c(F)cc(F)c(F)c2cc1C(C)(C)C. The molecule has 2 nitrogen and oxygen atoms in total. The number of pyridine rings is 1. The smallest absolute Gasteiger partial charge is 0.168 e. The molecule has 0 saturated carbocycles. The Kier molecular flexibility index (Phi) is 4.12. The Labute approximate surface area is 122 Å². The number of nitrogens with one attached hydrogen (secondary N) is 1. The second-order valence-corrected chi connectivity index (χ2v) is 6.11. The van der Waals surface area contributed by atoms with Crippen molar-refractivity contribution in [1.29, 1.82) is 0 Å². The molecule has 1 heterocycles. The fourth-order valence-electron chi connectivity index (χ4n) is 2.18. The Morgan fingerprint density at radius 1 is 1.10 bits per heavy atom. The Hall–Kier alpha value is -1.78. The lowest BCUT2D eigenvalue weighted by molar-refractivity contribution is 0.504. The minimum Gasteiger partial charge on any atom is -0.370 e. The Morgan fingerprint density at radius 3 is 2.33 bits per heavy atom. The van der Waals surface area contributed by atoms with Gasteiger partial charge >= 0.3 is 0 Å². The summed E-state index contributed by atoms with van der Waals surface area (Å²) in [5.41, 5.74) is 0.250. The largest absolute Gasteiger partial charge is 0.370 e. The van der Waals surface area contributed by atoms with Crippen LogP contribution in [0.1, 0.15) is 39.7 Å². The standard InChI is InChI=1S/C16H19F3N2/c1-5-6-20-15-10(16(2,3)4)7-9-13(19)11(17)8-12(18)14(9)21-15/h7-8H,5-6H2,1-4H3,(H,20,21). The van der Waals surface area contributed by atoms with Gasteiger partial charge in [-0.15, -0.1) is 0 Å². The third-order valence-corrected chi connectivity index (χ3v) is 3.30. The molecule has 21 heavy (non-hydrogen) atoms. The van der Waals surface area contributed by atoms with E-state index in [1.54, 1.807) is 0 Å². The summed E-state index contributed by atoms with van der Waals surface area (Å²) >= 11 is 0. The molecule has 0 fully saturated rings. The average molecular weight is 296 g/mol. The summed E-state index contributed by atoms with van der Waals surface area (Å²) in [5.74, 6) is -2.60. The molecule has 1 N–H and O–H groups in total. The molecule has 5 heteroatoms. The maximum absolute atomic E-state index is 13.9. The summed E-state index contributed by atoms with van der Waals surface area (Å²) in [6.07, 6.45) is 0.879. The first kappa shape index (κ1) is 15.6. The second kappa shape index (κ2) is 5.54. The van der Waals surface area contributed by atoms with Gasteiger partial charge in [-0.25, -0.2) is 18.2 Å². The molecular weight excluding hydrogens is 277 g/mol. The van der Waals surface area contributed by atoms with Crippen molar-refractivity contribution < 1.29 is 13.2 Å². The Morgan fingerprint density at radius 2 is 1.76 bits per heavy atom. The maximum Gasteiger partial charge on any atom is 0.168 e. The van der Waals surface area contributed by atoms with Crippen LogP contribution in [0, 0.1) is 17.5 Å². The van der Waals surface area contributed by atoms with Gasteiger partial charge in [-0.1, -0.05) is 27.7 Å². The van der Waals surface area contributed by atoms with Gasteiger partial charge in [-0.05, 0) is 17.9 Å². The van der Waals surface area contributed by atoms with Crippen LogP contribution >= 0.6 is 0 Å². The third-order valence-electron chi connectivity index (χ3n) is 3.30. The zero-order valence-corrected chi connectivity index (χ0v) is 12.7. The van der Waals surface area contributed by atoms with E-state index in [2.05, 4.69) is 10.3 Å². The number of hydrogen-bond donors (Lipinski definition) is 1. The van der Waals surface area contributed by atoms with E-state index in [9.17, 15) is 13.2 Å². The van der Waals surface area contributed by atoms with Gasteiger partial charge < -0.3 is 5.32 Å². The summed E-state index contributed by atoms with van der Waals surface area (Å²) in [6.45, 7) is 8.51. The monoisotopic (exact) mass is 296 g/mol. The van der Waals surface area contributed by atoms with Crippen molar-refractivity contribution in [3.05, 3.63) is 35.1 Å². The summed E-state index contributed by atoms with van der Waals surface area (Å²) < 4.78 is 41.2. The first-order valence-electron chi connectivity index (χ1n) is 6.98. The highest BCUT2D eigenvalue weighted by Crippen LogP contribution is 2.33. The number of benzene rings is 1. The average Bonchev–Trinajstić information content (AvgIpc) is 2.40. The zero-order valence-electron chi connectivity index (χ0n) is 12.7. The lowest BCUT2D eigenvalue weighted by Crippen LogP contribution is -2.17. The molecule has 0 amide bonds. The Balaban J connectivity index is 2.77. The highest BCUT2D eigenvalue weighted by atomic mass is 19.2. The van der Waals surface area contributed by atoms with Crippen molar-refractivity contribution in [3.8, 4) is 0 Å². The number of fused-ring (bicyclic) bond motifs is 1. The predicted octanol–water partition coefficient (Wildman–Crippen LogP) is 4.77. The number of hydrogen-bond acceptors (Lipinski definition) is 2. The number of nitrogens with zero attached hydrogens (tertiary/aromatic N) is 1. The van der Waals surface area contributed by atoms with E-state index in [1.807, 2.05) is 27.7 Å². The van der Waals surface area contributed by atoms with Crippen LogP contribution < -0.4 is 5.32 Å². The van der Waals surface area contributed by atoms with E-state index >= 15 is 0 Å². The Bertz CT molecular complexity index is 676. The summed E-state index contributed by atoms with van der Waals surface area (Å²) in [6, 6.07) is 2.02. The first-order valence-corrected chi connectivity index (χ1v) is 6.98. The number of halogens is 3. The first-order chi connectivity index (χ1) is 9.75. The molecule has 0 aliphatic heterocycles. The van der Waals surface area contributed by atoms with Gasteiger partial charge in [0.2, 0.25) is 0 Å². The second-order valence-electron chi connectivity index (χ2n) is 6.11. The minimum absolute atomic E-state index is 0.125. The van der Waals surface area contributed by atoms with Gasteiger partial charge in [-0.3, -0.25) is 0 Å². The van der Waals surface area contributed by atoms with Crippen molar-refractivity contribution in [2.24, 2.45) is 0 Å². The minimum atomic E-state index is -1.20. The molecule has 1 aromatic carbocycles. The van der Waals surface area contributed by atoms with E-state index in [4.69, 9.17) is 0 Å². The van der Waals surface area contributed by atoms with Crippen LogP contribution in [-0.4, -0.2) is 11.5 Å². The molecule has 2 rings (SSSR count). The van der Waals surface area contributed by atoms with Gasteiger partial charge in [0.25, 0.3) is 0 Å². The maximum atomic E-state index is 13.9. The fraction of sp³-hybridized carbons (Fsp3) is 0.438. The van der Waals surface area contributed by atoms with Crippen LogP contribution in [0.25, 0.3) is 10.9 Å². The van der Waals surface area contributed by atoms with Crippen LogP contribution in [0.4, 0.5) is 19.0 Å². The van der Waals surface area contributed by atoms with Crippen molar-refractivity contribution in [1.82, 2.24) is 4.98 Å². The molecule has 0 radical (unpaired) electrons. The molecule has 2 aromatic rings. The molecule has 0 unspecified atom stereocenters. The van der Waals surface area contributed by atoms with Gasteiger partial charge in [0.1, 0.15) is 11.3 Å². The third kappa shape index (κ3) is 2.96. The van der Waals surface area contributed by atoms with Crippen LogP contribution in [0.3, 0.4) is 0 Å². The molecule has 114 valence electrons. The van der Waals surface area contributed by atoms with Crippen molar-refractivity contribution >= 4 is 16.7 Å². The van der Waals surface area contributed by atoms with Gasteiger partial charge in [-0.2, -0.15) is 0 Å². The molecule has 0 bridgehead atoms. The quantitative estimate of drug-likeness (QED) is 0.825. The van der Waals surface area contributed by atoms with E-state index in [1.165, 1.54) is 6.07 Å². The fourth-order valence-corrected chi connectivity index (χ4v) is 2.18. The van der Waals surface area contributed by atoms with Gasteiger partial charge in [0, 0.05) is 23.6 Å². The van der Waals surface area contributed by atoms with Gasteiger partial charge in [0.05, 0.1) is 0 Å². The number of aromatic nitrogens is 1. The zero-order chi connectivity index (χ0) is 15.8. The van der Waals surface area contributed by atoms with Crippen LogP contribution in [0.5, 0.6) is 0 Å².